The van der Waals surface area contributed by atoms with Crippen molar-refractivity contribution < 1.29 is 14.2 Å². The maximum absolute atomic E-state index is 6.18. The van der Waals surface area contributed by atoms with Crippen LogP contribution in [0.5, 0.6) is 17.2 Å². The van der Waals surface area contributed by atoms with Crippen molar-refractivity contribution in [1.82, 2.24) is 0 Å². The third-order valence-corrected chi connectivity index (χ3v) is 5.56. The summed E-state index contributed by atoms with van der Waals surface area (Å²) in [6.07, 6.45) is 0. The smallest absolute Gasteiger partial charge is 0.123 e. The van der Waals surface area contributed by atoms with Gasteiger partial charge >= 0.3 is 0 Å². The average Bonchev–Trinajstić information content (AvgIpc) is 2.80. The van der Waals surface area contributed by atoms with Crippen LogP contribution >= 0.6 is 0 Å². The number of ether oxygens (including phenoxy) is 3. The first-order valence-corrected chi connectivity index (χ1v) is 12.1. The second-order valence-electron chi connectivity index (χ2n) is 10.5. The standard InChI is InChI=1S/C30H39NO3/c1-29(2,3)23-12-17-28(27(22-23)30(4,5)6)34-19-18-31-24-13-15-26(16-14-24)33-21-20-32-25-10-8-7-9-11-25/h7-17,22,31H,18-21H2,1-6H3. The lowest BCUT2D eigenvalue weighted by atomic mass is 9.80. The number of nitrogens with one attached hydrogen (secondary N) is 1. The maximum atomic E-state index is 6.18. The van der Waals surface area contributed by atoms with Crippen molar-refractivity contribution in [2.45, 2.75) is 52.4 Å². The predicted octanol–water partition coefficient (Wildman–Crippen LogP) is 7.23. The van der Waals surface area contributed by atoms with Gasteiger partial charge in [0.25, 0.3) is 0 Å². The van der Waals surface area contributed by atoms with Crippen LogP contribution in [-0.2, 0) is 10.8 Å². The molecule has 0 saturated heterocycles. The Balaban J connectivity index is 1.44. The van der Waals surface area contributed by atoms with E-state index in [2.05, 4.69) is 65.1 Å². The largest absolute Gasteiger partial charge is 0.491 e. The zero-order valence-corrected chi connectivity index (χ0v) is 21.5. The van der Waals surface area contributed by atoms with Crippen molar-refractivity contribution in [2.75, 3.05) is 31.7 Å². The Hall–Kier alpha value is -3.14. The van der Waals surface area contributed by atoms with E-state index in [9.17, 15) is 0 Å². The predicted molar refractivity (Wildman–Crippen MR) is 142 cm³/mol. The van der Waals surface area contributed by atoms with Gasteiger partial charge in [0.1, 0.15) is 37.1 Å². The molecule has 0 radical (unpaired) electrons. The van der Waals surface area contributed by atoms with Crippen LogP contribution in [0, 0.1) is 0 Å². The van der Waals surface area contributed by atoms with Gasteiger partial charge in [-0.15, -0.1) is 0 Å². The summed E-state index contributed by atoms with van der Waals surface area (Å²) in [5.74, 6) is 2.64. The third kappa shape index (κ3) is 7.72. The highest BCUT2D eigenvalue weighted by molar-refractivity contribution is 5.46. The van der Waals surface area contributed by atoms with Crippen molar-refractivity contribution in [2.24, 2.45) is 0 Å². The SMILES string of the molecule is CC(C)(C)c1ccc(OCCNc2ccc(OCCOc3ccccc3)cc2)c(C(C)(C)C)c1. The fourth-order valence-corrected chi connectivity index (χ4v) is 3.57. The lowest BCUT2D eigenvalue weighted by Crippen LogP contribution is -2.19. The van der Waals surface area contributed by atoms with E-state index in [4.69, 9.17) is 14.2 Å². The van der Waals surface area contributed by atoms with Crippen LogP contribution in [-0.4, -0.2) is 26.4 Å². The molecule has 1 N–H and O–H groups in total. The van der Waals surface area contributed by atoms with Gasteiger partial charge in [0.2, 0.25) is 0 Å². The Kier molecular flexibility index (Phi) is 8.49. The highest BCUT2D eigenvalue weighted by atomic mass is 16.5. The zero-order valence-electron chi connectivity index (χ0n) is 21.5. The quantitative estimate of drug-likeness (QED) is 0.323. The maximum Gasteiger partial charge on any atom is 0.123 e. The van der Waals surface area contributed by atoms with Gasteiger partial charge in [-0.3, -0.25) is 0 Å². The van der Waals surface area contributed by atoms with Gasteiger partial charge in [-0.2, -0.15) is 0 Å². The molecular formula is C30H39NO3. The molecule has 0 unspecified atom stereocenters. The summed E-state index contributed by atoms with van der Waals surface area (Å²) >= 11 is 0. The summed E-state index contributed by atoms with van der Waals surface area (Å²) in [5.41, 5.74) is 3.75. The molecule has 0 aliphatic rings. The molecule has 0 amide bonds. The van der Waals surface area contributed by atoms with Crippen molar-refractivity contribution >= 4 is 5.69 Å². The molecular weight excluding hydrogens is 422 g/mol. The minimum absolute atomic E-state index is 0.0198. The summed E-state index contributed by atoms with van der Waals surface area (Å²) in [7, 11) is 0. The monoisotopic (exact) mass is 461 g/mol. The molecule has 182 valence electrons. The second kappa shape index (κ2) is 11.3. The van der Waals surface area contributed by atoms with Gasteiger partial charge in [-0.25, -0.2) is 0 Å². The van der Waals surface area contributed by atoms with E-state index >= 15 is 0 Å². The fourth-order valence-electron chi connectivity index (χ4n) is 3.57. The summed E-state index contributed by atoms with van der Waals surface area (Å²) in [4.78, 5) is 0. The van der Waals surface area contributed by atoms with Crippen molar-refractivity contribution in [3.05, 3.63) is 83.9 Å². The van der Waals surface area contributed by atoms with E-state index < -0.39 is 0 Å². The highest BCUT2D eigenvalue weighted by Gasteiger charge is 2.23. The molecule has 3 aromatic rings. The molecule has 0 spiro atoms. The van der Waals surface area contributed by atoms with Crippen LogP contribution in [0.1, 0.15) is 52.7 Å². The number of hydrogen-bond donors (Lipinski definition) is 1. The molecule has 4 heteroatoms. The molecule has 0 aliphatic carbocycles. The van der Waals surface area contributed by atoms with E-state index in [1.54, 1.807) is 0 Å². The minimum atomic E-state index is 0.0198. The molecule has 0 saturated carbocycles. The average molecular weight is 462 g/mol. The van der Waals surface area contributed by atoms with Gasteiger partial charge in [0.15, 0.2) is 0 Å². The van der Waals surface area contributed by atoms with E-state index in [1.807, 2.05) is 54.6 Å². The number of benzene rings is 3. The van der Waals surface area contributed by atoms with E-state index in [0.717, 1.165) is 29.5 Å². The van der Waals surface area contributed by atoms with Crippen LogP contribution in [0.3, 0.4) is 0 Å². The first-order valence-electron chi connectivity index (χ1n) is 12.1. The molecule has 0 atom stereocenters. The van der Waals surface area contributed by atoms with Crippen molar-refractivity contribution in [3.8, 4) is 17.2 Å². The van der Waals surface area contributed by atoms with Crippen LogP contribution in [0.15, 0.2) is 72.8 Å². The van der Waals surface area contributed by atoms with Crippen molar-refractivity contribution in [3.63, 3.8) is 0 Å². The molecule has 0 aliphatic heterocycles. The molecule has 34 heavy (non-hydrogen) atoms. The Morgan fingerprint density at radius 1 is 0.618 bits per heavy atom. The fraction of sp³-hybridized carbons (Fsp3) is 0.400. The normalized spacial score (nSPS) is 11.7. The topological polar surface area (TPSA) is 39.7 Å². The summed E-state index contributed by atoms with van der Waals surface area (Å²) in [6.45, 7) is 15.7. The Morgan fingerprint density at radius 3 is 1.82 bits per heavy atom. The third-order valence-electron chi connectivity index (χ3n) is 5.56. The van der Waals surface area contributed by atoms with Crippen LogP contribution in [0.2, 0.25) is 0 Å². The van der Waals surface area contributed by atoms with Gasteiger partial charge in [-0.1, -0.05) is 71.9 Å². The number of hydrogen-bond acceptors (Lipinski definition) is 4. The van der Waals surface area contributed by atoms with Crippen LogP contribution < -0.4 is 19.5 Å². The molecule has 0 heterocycles. The number of para-hydroxylation sites is 1. The summed E-state index contributed by atoms with van der Waals surface area (Å²) in [5, 5.41) is 3.42. The minimum Gasteiger partial charge on any atom is -0.491 e. The first-order chi connectivity index (χ1) is 16.1. The summed E-state index contributed by atoms with van der Waals surface area (Å²) in [6, 6.07) is 24.3. The van der Waals surface area contributed by atoms with Gasteiger partial charge in [0, 0.05) is 12.2 Å². The van der Waals surface area contributed by atoms with Gasteiger partial charge in [-0.05, 0) is 64.4 Å². The Morgan fingerprint density at radius 2 is 1.24 bits per heavy atom. The second-order valence-corrected chi connectivity index (χ2v) is 10.5. The van der Waals surface area contributed by atoms with Crippen LogP contribution in [0.25, 0.3) is 0 Å². The molecule has 0 fully saturated rings. The summed E-state index contributed by atoms with van der Waals surface area (Å²) < 4.78 is 17.6. The van der Waals surface area contributed by atoms with E-state index in [-0.39, 0.29) is 10.8 Å². The van der Waals surface area contributed by atoms with E-state index in [1.165, 1.54) is 11.1 Å². The highest BCUT2D eigenvalue weighted by Crippen LogP contribution is 2.35. The molecule has 3 aromatic carbocycles. The molecule has 3 rings (SSSR count). The molecule has 0 bridgehead atoms. The van der Waals surface area contributed by atoms with Crippen molar-refractivity contribution in [1.29, 1.82) is 0 Å². The lowest BCUT2D eigenvalue weighted by molar-refractivity contribution is 0.217. The van der Waals surface area contributed by atoms with E-state index in [0.29, 0.717) is 19.8 Å². The lowest BCUT2D eigenvalue weighted by Gasteiger charge is -2.27. The molecule has 0 aromatic heterocycles. The molecule has 4 nitrogen and oxygen atoms in total. The Labute approximate surface area is 205 Å². The number of rotatable bonds is 10. The van der Waals surface area contributed by atoms with Crippen LogP contribution in [0.4, 0.5) is 5.69 Å². The Bertz CT molecular complexity index is 1020. The van der Waals surface area contributed by atoms with Gasteiger partial charge < -0.3 is 19.5 Å². The number of anilines is 1. The zero-order chi connectivity index (χ0) is 24.6. The van der Waals surface area contributed by atoms with Gasteiger partial charge in [0.05, 0.1) is 0 Å². The first kappa shape index (κ1) is 25.5.